The molecule has 3 aromatic carbocycles. The lowest BCUT2D eigenvalue weighted by Crippen LogP contribution is -2.15. The van der Waals surface area contributed by atoms with Crippen molar-refractivity contribution < 1.29 is 31.1 Å². The summed E-state index contributed by atoms with van der Waals surface area (Å²) in [5.41, 5.74) is -0.0216. The van der Waals surface area contributed by atoms with Gasteiger partial charge < -0.3 is 10.1 Å². The van der Waals surface area contributed by atoms with Gasteiger partial charge in [0, 0.05) is 6.54 Å². The van der Waals surface area contributed by atoms with E-state index in [0.29, 0.717) is 11.1 Å². The first-order valence-corrected chi connectivity index (χ1v) is 10.8. The van der Waals surface area contributed by atoms with Crippen molar-refractivity contribution in [2.24, 2.45) is 0 Å². The Kier molecular flexibility index (Phi) is 6.73. The Labute approximate surface area is 183 Å². The van der Waals surface area contributed by atoms with Crippen molar-refractivity contribution in [2.75, 3.05) is 17.1 Å². The molecule has 168 valence electrons. The highest BCUT2D eigenvalue weighted by molar-refractivity contribution is 7.92. The number of halogens is 3. The van der Waals surface area contributed by atoms with Gasteiger partial charge in [0.2, 0.25) is 0 Å². The minimum absolute atomic E-state index is 0.0238. The molecule has 0 fully saturated rings. The van der Waals surface area contributed by atoms with Crippen molar-refractivity contribution in [2.45, 2.75) is 17.6 Å². The van der Waals surface area contributed by atoms with Crippen LogP contribution in [0.1, 0.15) is 21.5 Å². The predicted octanol–water partition coefficient (Wildman–Crippen LogP) is 4.90. The first-order valence-electron chi connectivity index (χ1n) is 9.30. The number of esters is 1. The number of methoxy groups -OCH3 is 1. The van der Waals surface area contributed by atoms with Crippen molar-refractivity contribution in [3.63, 3.8) is 0 Å². The van der Waals surface area contributed by atoms with Crippen LogP contribution in [0.25, 0.3) is 0 Å². The molecule has 6 nitrogen and oxygen atoms in total. The molecule has 0 heterocycles. The van der Waals surface area contributed by atoms with E-state index in [9.17, 15) is 26.4 Å². The van der Waals surface area contributed by atoms with Gasteiger partial charge in [0.15, 0.2) is 0 Å². The third-order valence-electron chi connectivity index (χ3n) is 4.50. The van der Waals surface area contributed by atoms with Crippen LogP contribution >= 0.6 is 0 Å². The number of carbonyl (C=O) groups excluding carboxylic acids is 1. The first-order chi connectivity index (χ1) is 15.1. The highest BCUT2D eigenvalue weighted by Crippen LogP contribution is 2.35. The SMILES string of the molecule is COC(=O)c1ccc(CNc2cc(C(F)(F)F)ccc2NS(=O)(=O)c2ccccc2)cc1. The Morgan fingerprint density at radius 2 is 1.59 bits per heavy atom. The Morgan fingerprint density at radius 3 is 2.19 bits per heavy atom. The van der Waals surface area contributed by atoms with E-state index in [2.05, 4.69) is 14.8 Å². The lowest BCUT2D eigenvalue weighted by atomic mass is 10.1. The maximum Gasteiger partial charge on any atom is 0.416 e. The number of benzene rings is 3. The van der Waals surface area contributed by atoms with Crippen LogP contribution in [-0.4, -0.2) is 21.5 Å². The molecule has 0 radical (unpaired) electrons. The molecule has 0 unspecified atom stereocenters. The molecule has 0 amide bonds. The summed E-state index contributed by atoms with van der Waals surface area (Å²) in [6, 6.07) is 16.5. The summed E-state index contributed by atoms with van der Waals surface area (Å²) in [4.78, 5) is 11.5. The van der Waals surface area contributed by atoms with E-state index in [1.165, 1.54) is 31.4 Å². The minimum Gasteiger partial charge on any atom is -0.465 e. The molecule has 3 aromatic rings. The molecule has 0 aliphatic carbocycles. The molecule has 10 heteroatoms. The Balaban J connectivity index is 1.88. The van der Waals surface area contributed by atoms with Gasteiger partial charge >= 0.3 is 12.1 Å². The van der Waals surface area contributed by atoms with Crippen LogP contribution < -0.4 is 10.0 Å². The van der Waals surface area contributed by atoms with Crippen molar-refractivity contribution in [3.05, 3.63) is 89.5 Å². The van der Waals surface area contributed by atoms with E-state index in [-0.39, 0.29) is 22.8 Å². The number of alkyl halides is 3. The molecule has 2 N–H and O–H groups in total. The molecule has 32 heavy (non-hydrogen) atoms. The van der Waals surface area contributed by atoms with Crippen LogP contribution in [0.3, 0.4) is 0 Å². The average Bonchev–Trinajstić information content (AvgIpc) is 2.78. The van der Waals surface area contributed by atoms with Gasteiger partial charge in [0.25, 0.3) is 10.0 Å². The van der Waals surface area contributed by atoms with Crippen LogP contribution in [0.4, 0.5) is 24.5 Å². The van der Waals surface area contributed by atoms with Gasteiger partial charge in [-0.25, -0.2) is 13.2 Å². The summed E-state index contributed by atoms with van der Waals surface area (Å²) in [6.07, 6.45) is -4.60. The number of carbonyl (C=O) groups is 1. The van der Waals surface area contributed by atoms with E-state index in [1.54, 1.807) is 30.3 Å². The smallest absolute Gasteiger partial charge is 0.416 e. The number of anilines is 2. The summed E-state index contributed by atoms with van der Waals surface area (Å²) in [7, 11) is -2.75. The fraction of sp³-hybridized carbons (Fsp3) is 0.136. The van der Waals surface area contributed by atoms with E-state index >= 15 is 0 Å². The van der Waals surface area contributed by atoms with E-state index in [0.717, 1.165) is 18.2 Å². The standard InChI is InChI=1S/C22H19F3N2O4S/c1-31-21(28)16-9-7-15(8-10-16)14-26-20-13-17(22(23,24)25)11-12-19(20)27-32(29,30)18-5-3-2-4-6-18/h2-13,26-27H,14H2,1H3. The average molecular weight is 464 g/mol. The second-order valence-corrected chi connectivity index (χ2v) is 8.40. The Bertz CT molecular complexity index is 1200. The lowest BCUT2D eigenvalue weighted by Gasteiger charge is -2.17. The van der Waals surface area contributed by atoms with Crippen molar-refractivity contribution in [1.82, 2.24) is 0 Å². The third kappa shape index (κ3) is 5.58. The third-order valence-corrected chi connectivity index (χ3v) is 5.88. The maximum absolute atomic E-state index is 13.2. The van der Waals surface area contributed by atoms with Gasteiger partial charge in [-0.15, -0.1) is 0 Å². The summed E-state index contributed by atoms with van der Waals surface area (Å²) < 4.78 is 71.9. The summed E-state index contributed by atoms with van der Waals surface area (Å²) >= 11 is 0. The Morgan fingerprint density at radius 1 is 0.938 bits per heavy atom. The number of hydrogen-bond acceptors (Lipinski definition) is 5. The summed E-state index contributed by atoms with van der Waals surface area (Å²) in [6.45, 7) is 0.0861. The Hall–Kier alpha value is -3.53. The van der Waals surface area contributed by atoms with Crippen molar-refractivity contribution in [3.8, 4) is 0 Å². The number of rotatable bonds is 7. The zero-order valence-corrected chi connectivity index (χ0v) is 17.6. The van der Waals surface area contributed by atoms with Crippen LogP contribution in [0, 0.1) is 0 Å². The second kappa shape index (κ2) is 9.31. The highest BCUT2D eigenvalue weighted by atomic mass is 32.2. The first kappa shape index (κ1) is 23.1. The van der Waals surface area contributed by atoms with Gasteiger partial charge in [-0.1, -0.05) is 30.3 Å². The van der Waals surface area contributed by atoms with E-state index in [1.807, 2.05) is 0 Å². The fourth-order valence-electron chi connectivity index (χ4n) is 2.83. The van der Waals surface area contributed by atoms with Crippen LogP contribution in [0.15, 0.2) is 77.7 Å². The molecular weight excluding hydrogens is 445 g/mol. The molecule has 0 aliphatic heterocycles. The molecule has 0 bridgehead atoms. The maximum atomic E-state index is 13.2. The quantitative estimate of drug-likeness (QED) is 0.486. The van der Waals surface area contributed by atoms with Crippen LogP contribution in [-0.2, 0) is 27.5 Å². The van der Waals surface area contributed by atoms with Crippen LogP contribution in [0.5, 0.6) is 0 Å². The number of ether oxygens (including phenoxy) is 1. The molecule has 0 saturated heterocycles. The highest BCUT2D eigenvalue weighted by Gasteiger charge is 2.31. The van der Waals surface area contributed by atoms with Crippen molar-refractivity contribution >= 4 is 27.4 Å². The largest absolute Gasteiger partial charge is 0.465 e. The predicted molar refractivity (Wildman–Crippen MR) is 114 cm³/mol. The zero-order valence-electron chi connectivity index (χ0n) is 16.8. The molecule has 0 saturated carbocycles. The van der Waals surface area contributed by atoms with Gasteiger partial charge in [-0.05, 0) is 48.0 Å². The monoisotopic (exact) mass is 464 g/mol. The molecule has 0 aliphatic rings. The van der Waals surface area contributed by atoms with E-state index in [4.69, 9.17) is 0 Å². The summed E-state index contributed by atoms with van der Waals surface area (Å²) in [5.74, 6) is -0.514. The van der Waals surface area contributed by atoms with Crippen LogP contribution in [0.2, 0.25) is 0 Å². The molecule has 0 spiro atoms. The topological polar surface area (TPSA) is 84.5 Å². The molecule has 0 aromatic heterocycles. The van der Waals surface area contributed by atoms with Gasteiger partial charge in [0.1, 0.15) is 0 Å². The number of hydrogen-bond donors (Lipinski definition) is 2. The summed E-state index contributed by atoms with van der Waals surface area (Å²) in [5, 5.41) is 2.84. The number of sulfonamides is 1. The fourth-order valence-corrected chi connectivity index (χ4v) is 3.93. The van der Waals surface area contributed by atoms with Gasteiger partial charge in [-0.3, -0.25) is 4.72 Å². The zero-order chi connectivity index (χ0) is 23.4. The lowest BCUT2D eigenvalue weighted by molar-refractivity contribution is -0.137. The molecular formula is C22H19F3N2O4S. The van der Waals surface area contributed by atoms with Gasteiger partial charge in [0.05, 0.1) is 34.5 Å². The molecule has 3 rings (SSSR count). The normalized spacial score (nSPS) is 11.6. The van der Waals surface area contributed by atoms with Crippen molar-refractivity contribution in [1.29, 1.82) is 0 Å². The minimum atomic E-state index is -4.60. The number of nitrogens with one attached hydrogen (secondary N) is 2. The molecule has 0 atom stereocenters. The second-order valence-electron chi connectivity index (χ2n) is 6.72. The van der Waals surface area contributed by atoms with E-state index < -0.39 is 27.7 Å². The van der Waals surface area contributed by atoms with Gasteiger partial charge in [-0.2, -0.15) is 13.2 Å².